The van der Waals surface area contributed by atoms with Crippen molar-refractivity contribution in [2.75, 3.05) is 24.5 Å². The van der Waals surface area contributed by atoms with Gasteiger partial charge in [0.2, 0.25) is 10.0 Å². The average Bonchev–Trinajstić information content (AvgIpc) is 3.00. The van der Waals surface area contributed by atoms with Gasteiger partial charge in [-0.3, -0.25) is 4.79 Å². The number of sulfonamides is 1. The fourth-order valence-electron chi connectivity index (χ4n) is 3.57. The van der Waals surface area contributed by atoms with Crippen LogP contribution in [-0.2, 0) is 10.0 Å². The number of aromatic amines is 1. The minimum Gasteiger partial charge on any atom is -0.366 e. The molecular formula is C19H21N3O3S2. The molecule has 0 radical (unpaired) electrons. The Morgan fingerprint density at radius 3 is 2.70 bits per heavy atom. The van der Waals surface area contributed by atoms with E-state index in [0.717, 1.165) is 17.0 Å². The number of aryl methyl sites for hydroxylation is 1. The molecule has 1 fully saturated rings. The highest BCUT2D eigenvalue weighted by atomic mass is 32.2. The zero-order chi connectivity index (χ0) is 19.2. The van der Waals surface area contributed by atoms with E-state index in [1.54, 1.807) is 22.5 Å². The Hall–Kier alpha value is -2.16. The summed E-state index contributed by atoms with van der Waals surface area (Å²) in [5.74, 6) is 0. The Morgan fingerprint density at radius 1 is 1.15 bits per heavy atom. The highest BCUT2D eigenvalue weighted by molar-refractivity contribution is 7.89. The van der Waals surface area contributed by atoms with Crippen molar-refractivity contribution in [3.05, 3.63) is 57.7 Å². The van der Waals surface area contributed by atoms with Gasteiger partial charge in [-0.15, -0.1) is 0 Å². The van der Waals surface area contributed by atoms with Crippen molar-refractivity contribution in [3.8, 4) is 0 Å². The van der Waals surface area contributed by atoms with Gasteiger partial charge in [-0.05, 0) is 49.7 Å². The third kappa shape index (κ3) is 3.40. The number of aromatic nitrogens is 1. The van der Waals surface area contributed by atoms with Gasteiger partial charge in [0, 0.05) is 31.4 Å². The summed E-state index contributed by atoms with van der Waals surface area (Å²) in [5, 5.41) is 0. The normalized spacial score (nSPS) is 18.9. The molecular weight excluding hydrogens is 382 g/mol. The number of nitrogens with zero attached hydrogens (tertiary/aromatic N) is 2. The maximum atomic E-state index is 13.1. The molecule has 2 aromatic carbocycles. The topological polar surface area (TPSA) is 73.5 Å². The quantitative estimate of drug-likeness (QED) is 0.730. The number of fused-ring (bicyclic) bond motifs is 1. The molecule has 0 spiro atoms. The molecule has 4 rings (SSSR count). The van der Waals surface area contributed by atoms with Gasteiger partial charge in [-0.1, -0.05) is 23.5 Å². The van der Waals surface area contributed by atoms with E-state index < -0.39 is 10.0 Å². The number of anilines is 1. The Bertz CT molecular complexity index is 1150. The zero-order valence-electron chi connectivity index (χ0n) is 15.2. The number of nitrogens with one attached hydrogen (secondary N) is 1. The number of thiazole rings is 1. The lowest BCUT2D eigenvalue weighted by Gasteiger charge is -2.40. The van der Waals surface area contributed by atoms with Crippen LogP contribution in [0.3, 0.4) is 0 Å². The second kappa shape index (κ2) is 6.78. The summed E-state index contributed by atoms with van der Waals surface area (Å²) < 4.78 is 28.4. The molecule has 0 unspecified atom stereocenters. The van der Waals surface area contributed by atoms with Crippen molar-refractivity contribution >= 4 is 37.3 Å². The van der Waals surface area contributed by atoms with E-state index in [2.05, 4.69) is 35.0 Å². The minimum absolute atomic E-state index is 0.0716. The Labute approximate surface area is 162 Å². The first kappa shape index (κ1) is 18.2. The summed E-state index contributed by atoms with van der Waals surface area (Å²) in [6.45, 7) is 5.61. The first-order valence-electron chi connectivity index (χ1n) is 8.81. The second-order valence-electron chi connectivity index (χ2n) is 6.92. The van der Waals surface area contributed by atoms with Crippen LogP contribution >= 0.6 is 11.3 Å². The molecule has 1 saturated heterocycles. The molecule has 0 saturated carbocycles. The Balaban J connectivity index is 1.59. The van der Waals surface area contributed by atoms with Crippen LogP contribution in [0.15, 0.2) is 52.2 Å². The van der Waals surface area contributed by atoms with E-state index in [4.69, 9.17) is 0 Å². The van der Waals surface area contributed by atoms with E-state index in [1.807, 2.05) is 13.0 Å². The lowest BCUT2D eigenvalue weighted by atomic mass is 10.1. The maximum Gasteiger partial charge on any atom is 0.305 e. The summed E-state index contributed by atoms with van der Waals surface area (Å²) in [6.07, 6.45) is 0. The third-order valence-corrected chi connectivity index (χ3v) is 7.66. The summed E-state index contributed by atoms with van der Waals surface area (Å²) >= 11 is 1.03. The van der Waals surface area contributed by atoms with Crippen molar-refractivity contribution in [2.24, 2.45) is 0 Å². The number of hydrogen-bond donors (Lipinski definition) is 1. The van der Waals surface area contributed by atoms with Crippen LogP contribution in [-0.4, -0.2) is 43.4 Å². The molecule has 1 atom stereocenters. The van der Waals surface area contributed by atoms with E-state index >= 15 is 0 Å². The minimum atomic E-state index is -3.59. The van der Waals surface area contributed by atoms with Gasteiger partial charge >= 0.3 is 4.87 Å². The molecule has 3 aromatic rings. The average molecular weight is 404 g/mol. The molecule has 1 aliphatic rings. The fourth-order valence-corrected chi connectivity index (χ4v) is 5.96. The molecule has 27 heavy (non-hydrogen) atoms. The first-order chi connectivity index (χ1) is 12.8. The highest BCUT2D eigenvalue weighted by Gasteiger charge is 2.32. The van der Waals surface area contributed by atoms with Crippen LogP contribution in [0, 0.1) is 6.92 Å². The van der Waals surface area contributed by atoms with Crippen LogP contribution in [0.5, 0.6) is 0 Å². The Kier molecular flexibility index (Phi) is 4.57. The molecule has 2 heterocycles. The van der Waals surface area contributed by atoms with E-state index in [0.29, 0.717) is 29.9 Å². The molecule has 1 N–H and O–H groups in total. The van der Waals surface area contributed by atoms with E-state index in [9.17, 15) is 13.2 Å². The van der Waals surface area contributed by atoms with Gasteiger partial charge in [0.05, 0.1) is 15.1 Å². The fraction of sp³-hybridized carbons (Fsp3) is 0.316. The number of piperazine rings is 1. The van der Waals surface area contributed by atoms with Gasteiger partial charge in [-0.2, -0.15) is 4.31 Å². The molecule has 1 aliphatic heterocycles. The van der Waals surface area contributed by atoms with Gasteiger partial charge in [0.25, 0.3) is 0 Å². The lowest BCUT2D eigenvalue weighted by Crippen LogP contribution is -2.53. The largest absolute Gasteiger partial charge is 0.366 e. The second-order valence-corrected chi connectivity index (χ2v) is 9.87. The summed E-state index contributed by atoms with van der Waals surface area (Å²) in [7, 11) is -3.59. The van der Waals surface area contributed by atoms with Crippen molar-refractivity contribution in [1.29, 1.82) is 0 Å². The van der Waals surface area contributed by atoms with Crippen molar-refractivity contribution in [2.45, 2.75) is 24.8 Å². The summed E-state index contributed by atoms with van der Waals surface area (Å²) in [4.78, 5) is 16.5. The van der Waals surface area contributed by atoms with E-state index in [1.165, 1.54) is 5.56 Å². The molecule has 0 bridgehead atoms. The monoisotopic (exact) mass is 403 g/mol. The molecule has 0 amide bonds. The first-order valence-corrected chi connectivity index (χ1v) is 11.1. The van der Waals surface area contributed by atoms with Gasteiger partial charge in [-0.25, -0.2) is 8.42 Å². The number of rotatable bonds is 3. The van der Waals surface area contributed by atoms with Crippen molar-refractivity contribution in [1.82, 2.24) is 9.29 Å². The van der Waals surface area contributed by atoms with Crippen molar-refractivity contribution in [3.63, 3.8) is 0 Å². The van der Waals surface area contributed by atoms with Gasteiger partial charge in [0.15, 0.2) is 0 Å². The molecule has 6 nitrogen and oxygen atoms in total. The lowest BCUT2D eigenvalue weighted by molar-refractivity contribution is 0.342. The predicted octanol–water partition coefficient (Wildman–Crippen LogP) is 2.80. The summed E-state index contributed by atoms with van der Waals surface area (Å²) in [6, 6.07) is 13.2. The third-order valence-electron chi connectivity index (χ3n) is 4.95. The van der Waals surface area contributed by atoms with Gasteiger partial charge < -0.3 is 9.88 Å². The SMILES string of the molecule is Cc1cccc(N2CCN(S(=O)(=O)c3ccc4[nH]c(=O)sc4c3)C[C@H]2C)c1. The van der Waals surface area contributed by atoms with Gasteiger partial charge in [0.1, 0.15) is 0 Å². The maximum absolute atomic E-state index is 13.1. The summed E-state index contributed by atoms with van der Waals surface area (Å²) in [5.41, 5.74) is 2.98. The predicted molar refractivity (Wildman–Crippen MR) is 109 cm³/mol. The Morgan fingerprint density at radius 2 is 1.96 bits per heavy atom. The van der Waals surface area contributed by atoms with Crippen LogP contribution in [0.4, 0.5) is 5.69 Å². The number of H-pyrrole nitrogens is 1. The zero-order valence-corrected chi connectivity index (χ0v) is 16.8. The molecule has 1 aromatic heterocycles. The molecule has 142 valence electrons. The number of hydrogen-bond acceptors (Lipinski definition) is 5. The highest BCUT2D eigenvalue weighted by Crippen LogP contribution is 2.27. The molecule has 0 aliphatic carbocycles. The van der Waals surface area contributed by atoms with Crippen LogP contribution in [0.1, 0.15) is 12.5 Å². The van der Waals surface area contributed by atoms with Crippen molar-refractivity contribution < 1.29 is 8.42 Å². The standard InChI is InChI=1S/C19H21N3O3S2/c1-13-4-3-5-15(10-13)22-9-8-21(12-14(22)2)27(24,25)16-6-7-17-18(11-16)26-19(23)20-17/h3-7,10-11,14H,8-9,12H2,1-2H3,(H,20,23)/t14-/m1/s1. The van der Waals surface area contributed by atoms with Crippen LogP contribution < -0.4 is 9.77 Å². The van der Waals surface area contributed by atoms with Crippen LogP contribution in [0.2, 0.25) is 0 Å². The number of benzene rings is 2. The molecule has 8 heteroatoms. The van der Waals surface area contributed by atoms with Crippen LogP contribution in [0.25, 0.3) is 10.2 Å². The van der Waals surface area contributed by atoms with E-state index in [-0.39, 0.29) is 15.8 Å². The smallest absolute Gasteiger partial charge is 0.305 e.